The van der Waals surface area contributed by atoms with E-state index in [0.717, 1.165) is 17.6 Å². The van der Waals surface area contributed by atoms with Crippen LogP contribution in [0.3, 0.4) is 0 Å². The highest BCUT2D eigenvalue weighted by atomic mass is 16.5. The Labute approximate surface area is 147 Å². The first kappa shape index (κ1) is 17.1. The van der Waals surface area contributed by atoms with E-state index in [1.165, 1.54) is 56.1 Å². The fourth-order valence-electron chi connectivity index (χ4n) is 4.16. The normalized spacial score (nSPS) is 21.8. The molecule has 1 fully saturated rings. The molecule has 0 N–H and O–H groups in total. The molecule has 1 heteroatoms. The number of benzene rings is 2. The summed E-state index contributed by atoms with van der Waals surface area (Å²) in [7, 11) is 1.74. The second-order valence-electron chi connectivity index (χ2n) is 7.33. The van der Waals surface area contributed by atoms with Crippen molar-refractivity contribution in [3.05, 3.63) is 65.2 Å². The third-order valence-electron chi connectivity index (χ3n) is 5.69. The number of hydrogen-bond donors (Lipinski definition) is 0. The molecule has 2 aromatic carbocycles. The lowest BCUT2D eigenvalue weighted by molar-refractivity contribution is 0.355. The molecule has 128 valence electrons. The summed E-state index contributed by atoms with van der Waals surface area (Å²) in [5.41, 5.74) is 4.50. The Bertz CT molecular complexity index is 619. The molecule has 3 rings (SSSR count). The van der Waals surface area contributed by atoms with Crippen LogP contribution in [0.5, 0.6) is 5.75 Å². The van der Waals surface area contributed by atoms with Gasteiger partial charge in [-0.15, -0.1) is 0 Å². The number of aryl methyl sites for hydroxylation is 1. The van der Waals surface area contributed by atoms with Crippen LogP contribution in [0, 0.1) is 12.8 Å². The maximum atomic E-state index is 5.28. The van der Waals surface area contributed by atoms with Crippen molar-refractivity contribution >= 4 is 0 Å². The second-order valence-corrected chi connectivity index (χ2v) is 7.33. The molecule has 0 radical (unpaired) electrons. The van der Waals surface area contributed by atoms with Crippen molar-refractivity contribution in [2.24, 2.45) is 5.92 Å². The Kier molecular flexibility index (Phi) is 5.96. The average Bonchev–Trinajstić information content (AvgIpc) is 2.59. The van der Waals surface area contributed by atoms with Crippen LogP contribution < -0.4 is 4.74 Å². The summed E-state index contributed by atoms with van der Waals surface area (Å²) < 4.78 is 5.28. The lowest BCUT2D eigenvalue weighted by atomic mass is 9.80. The van der Waals surface area contributed by atoms with Crippen LogP contribution in [0.1, 0.15) is 61.1 Å². The van der Waals surface area contributed by atoms with Gasteiger partial charge in [0.2, 0.25) is 0 Å². The maximum absolute atomic E-state index is 5.28. The van der Waals surface area contributed by atoms with Crippen LogP contribution in [-0.2, 0) is 6.42 Å². The quantitative estimate of drug-likeness (QED) is 0.642. The first-order chi connectivity index (χ1) is 11.8. The minimum atomic E-state index is 0.732. The first-order valence-electron chi connectivity index (χ1n) is 9.44. The minimum absolute atomic E-state index is 0.732. The molecule has 0 spiro atoms. The number of hydrogen-bond acceptors (Lipinski definition) is 1. The summed E-state index contributed by atoms with van der Waals surface area (Å²) in [6, 6.07) is 17.6. The van der Waals surface area contributed by atoms with Crippen LogP contribution in [-0.4, -0.2) is 7.11 Å². The molecule has 0 atom stereocenters. The lowest BCUT2D eigenvalue weighted by Gasteiger charge is -2.25. The lowest BCUT2D eigenvalue weighted by Crippen LogP contribution is -2.11. The van der Waals surface area contributed by atoms with E-state index in [0.29, 0.717) is 0 Å². The molecule has 0 saturated heterocycles. The molecule has 1 nitrogen and oxygen atoms in total. The number of ether oxygens (including phenoxy) is 1. The van der Waals surface area contributed by atoms with E-state index in [-0.39, 0.29) is 0 Å². The van der Waals surface area contributed by atoms with Gasteiger partial charge in [-0.1, -0.05) is 62.1 Å². The summed E-state index contributed by atoms with van der Waals surface area (Å²) in [4.78, 5) is 0. The van der Waals surface area contributed by atoms with E-state index >= 15 is 0 Å². The van der Waals surface area contributed by atoms with Gasteiger partial charge >= 0.3 is 0 Å². The van der Waals surface area contributed by atoms with Gasteiger partial charge < -0.3 is 4.74 Å². The van der Waals surface area contributed by atoms with Crippen molar-refractivity contribution in [3.8, 4) is 5.75 Å². The van der Waals surface area contributed by atoms with E-state index < -0.39 is 0 Å². The van der Waals surface area contributed by atoms with E-state index in [4.69, 9.17) is 4.74 Å². The maximum Gasteiger partial charge on any atom is 0.118 e. The molecule has 0 heterocycles. The van der Waals surface area contributed by atoms with Crippen LogP contribution >= 0.6 is 0 Å². The van der Waals surface area contributed by atoms with E-state index in [1.54, 1.807) is 12.7 Å². The van der Waals surface area contributed by atoms with Gasteiger partial charge in [-0.25, -0.2) is 0 Å². The van der Waals surface area contributed by atoms with Crippen molar-refractivity contribution in [3.63, 3.8) is 0 Å². The Morgan fingerprint density at radius 2 is 1.54 bits per heavy atom. The Balaban J connectivity index is 1.56. The predicted octanol–water partition coefficient (Wildman–Crippen LogP) is 6.30. The molecule has 1 aliphatic rings. The van der Waals surface area contributed by atoms with Crippen LogP contribution in [0.25, 0.3) is 0 Å². The molecule has 0 aromatic heterocycles. The summed E-state index contributed by atoms with van der Waals surface area (Å²) in [6.45, 7) is 2.25. The molecule has 0 bridgehead atoms. The molecule has 0 unspecified atom stereocenters. The van der Waals surface area contributed by atoms with Crippen LogP contribution in [0.2, 0.25) is 0 Å². The zero-order chi connectivity index (χ0) is 16.8. The van der Waals surface area contributed by atoms with Gasteiger partial charge in [0, 0.05) is 0 Å². The number of methoxy groups -OCH3 is 1. The fourth-order valence-corrected chi connectivity index (χ4v) is 4.16. The zero-order valence-corrected chi connectivity index (χ0v) is 15.1. The van der Waals surface area contributed by atoms with Gasteiger partial charge in [-0.2, -0.15) is 0 Å². The zero-order valence-electron chi connectivity index (χ0n) is 15.1. The molecule has 24 heavy (non-hydrogen) atoms. The molecule has 0 aliphatic heterocycles. The molecule has 0 amide bonds. The van der Waals surface area contributed by atoms with E-state index in [2.05, 4.69) is 55.5 Å². The summed E-state index contributed by atoms with van der Waals surface area (Å²) in [5, 5.41) is 0. The number of rotatable bonds is 4. The van der Waals surface area contributed by atoms with Gasteiger partial charge in [0.15, 0.2) is 0 Å². The summed E-state index contributed by atoms with van der Waals surface area (Å²) in [6.07, 6.45) is 9.38. The second kappa shape index (κ2) is 8.37. The first-order valence-corrected chi connectivity index (χ1v) is 9.44. The molecular weight excluding hydrogens is 292 g/mol. The van der Waals surface area contributed by atoms with Gasteiger partial charge in [-0.3, -0.25) is 0 Å². The van der Waals surface area contributed by atoms with Crippen molar-refractivity contribution in [2.75, 3.05) is 7.11 Å². The summed E-state index contributed by atoms with van der Waals surface area (Å²) >= 11 is 0. The fraction of sp³-hybridized carbons (Fsp3) is 0.478. The Morgan fingerprint density at radius 1 is 0.875 bits per heavy atom. The van der Waals surface area contributed by atoms with Gasteiger partial charge in [0.05, 0.1) is 7.11 Å². The van der Waals surface area contributed by atoms with Crippen molar-refractivity contribution < 1.29 is 4.74 Å². The van der Waals surface area contributed by atoms with Gasteiger partial charge in [0.1, 0.15) is 5.75 Å². The molecule has 2 aromatic rings. The highest BCUT2D eigenvalue weighted by Gasteiger charge is 2.19. The standard InChI is InChI=1S/C23H30O/c1-18-7-3-4-10-22(18)17-19-8-5-11-20(12-6-9-19)21-13-15-23(24-2)16-14-21/h3-4,7,10,13-16,19-20H,5-6,8-9,11-12,17H2,1-2H3. The van der Waals surface area contributed by atoms with E-state index in [1.807, 2.05) is 0 Å². The highest BCUT2D eigenvalue weighted by Crippen LogP contribution is 2.34. The minimum Gasteiger partial charge on any atom is -0.497 e. The van der Waals surface area contributed by atoms with Crippen molar-refractivity contribution in [1.82, 2.24) is 0 Å². The Morgan fingerprint density at radius 3 is 2.17 bits per heavy atom. The molecule has 1 aliphatic carbocycles. The monoisotopic (exact) mass is 322 g/mol. The van der Waals surface area contributed by atoms with Gasteiger partial charge in [-0.05, 0) is 66.8 Å². The van der Waals surface area contributed by atoms with Crippen LogP contribution in [0.4, 0.5) is 0 Å². The van der Waals surface area contributed by atoms with Crippen LogP contribution in [0.15, 0.2) is 48.5 Å². The molecular formula is C23H30O. The summed E-state index contributed by atoms with van der Waals surface area (Å²) in [5.74, 6) is 2.56. The Hall–Kier alpha value is -1.76. The van der Waals surface area contributed by atoms with Crippen molar-refractivity contribution in [1.29, 1.82) is 0 Å². The largest absolute Gasteiger partial charge is 0.497 e. The smallest absolute Gasteiger partial charge is 0.118 e. The average molecular weight is 322 g/mol. The van der Waals surface area contributed by atoms with Crippen molar-refractivity contribution in [2.45, 2.75) is 57.8 Å². The topological polar surface area (TPSA) is 9.23 Å². The van der Waals surface area contributed by atoms with E-state index in [9.17, 15) is 0 Å². The van der Waals surface area contributed by atoms with Gasteiger partial charge in [0.25, 0.3) is 0 Å². The highest BCUT2D eigenvalue weighted by molar-refractivity contribution is 5.29. The molecule has 1 saturated carbocycles. The predicted molar refractivity (Wildman–Crippen MR) is 102 cm³/mol. The third kappa shape index (κ3) is 4.41. The third-order valence-corrected chi connectivity index (χ3v) is 5.69. The SMILES string of the molecule is COc1ccc(C2CCCC(Cc3ccccc3C)CCC2)cc1.